The van der Waals surface area contributed by atoms with E-state index in [0.717, 1.165) is 64.5 Å². The van der Waals surface area contributed by atoms with Gasteiger partial charge in [0.05, 0.1) is 0 Å². The van der Waals surface area contributed by atoms with Gasteiger partial charge in [0.2, 0.25) is 0 Å². The Hall–Kier alpha value is -2.08. The van der Waals surface area contributed by atoms with E-state index >= 15 is 0 Å². The summed E-state index contributed by atoms with van der Waals surface area (Å²) in [6.07, 6.45) is 2.58. The molecule has 1 atom stereocenters. The van der Waals surface area contributed by atoms with Crippen LogP contribution in [0.15, 0.2) is 23.2 Å². The first-order chi connectivity index (χ1) is 13.6. The van der Waals surface area contributed by atoms with E-state index in [2.05, 4.69) is 49.2 Å². The van der Waals surface area contributed by atoms with Gasteiger partial charge in [0, 0.05) is 45.9 Å². The Morgan fingerprint density at radius 3 is 2.61 bits per heavy atom. The van der Waals surface area contributed by atoms with Crippen molar-refractivity contribution in [1.29, 1.82) is 0 Å². The van der Waals surface area contributed by atoms with Crippen LogP contribution in [0.1, 0.15) is 36.5 Å². The summed E-state index contributed by atoms with van der Waals surface area (Å²) in [4.78, 5) is 21.6. The van der Waals surface area contributed by atoms with E-state index in [-0.39, 0.29) is 12.0 Å². The molecule has 3 rings (SSSR count). The maximum absolute atomic E-state index is 12.5. The zero-order chi connectivity index (χ0) is 19.9. The number of benzene rings is 1. The summed E-state index contributed by atoms with van der Waals surface area (Å²) in [6.45, 7) is 11.8. The van der Waals surface area contributed by atoms with Crippen molar-refractivity contribution >= 4 is 11.9 Å². The summed E-state index contributed by atoms with van der Waals surface area (Å²) in [5, 5.41) is 3.41. The van der Waals surface area contributed by atoms with Gasteiger partial charge in [-0.05, 0) is 51.2 Å². The van der Waals surface area contributed by atoms with Gasteiger partial charge in [-0.2, -0.15) is 0 Å². The highest BCUT2D eigenvalue weighted by molar-refractivity contribution is 5.82. The maximum Gasteiger partial charge on any atom is 0.251 e. The predicted octanol–water partition coefficient (Wildman–Crippen LogP) is 2.13. The van der Waals surface area contributed by atoms with Gasteiger partial charge >= 0.3 is 0 Å². The van der Waals surface area contributed by atoms with Crippen molar-refractivity contribution in [1.82, 2.24) is 15.1 Å². The Morgan fingerprint density at radius 1 is 1.21 bits per heavy atom. The number of rotatable bonds is 5. The first kappa shape index (κ1) is 20.6. The molecular weight excluding hydrogens is 352 g/mol. The molecule has 2 aliphatic heterocycles. The lowest BCUT2D eigenvalue weighted by atomic mass is 10.0. The quantitative estimate of drug-likeness (QED) is 0.622. The molecule has 0 aliphatic carbocycles. The van der Waals surface area contributed by atoms with Crippen LogP contribution in [-0.4, -0.2) is 73.6 Å². The summed E-state index contributed by atoms with van der Waals surface area (Å²) in [7, 11) is 0. The number of amides is 1. The van der Waals surface area contributed by atoms with Crippen LogP contribution in [0.25, 0.3) is 0 Å². The van der Waals surface area contributed by atoms with E-state index in [1.807, 2.05) is 4.90 Å². The van der Waals surface area contributed by atoms with Crippen LogP contribution in [0.2, 0.25) is 0 Å². The minimum absolute atomic E-state index is 0.161. The highest BCUT2D eigenvalue weighted by Crippen LogP contribution is 2.16. The van der Waals surface area contributed by atoms with E-state index in [0.29, 0.717) is 6.61 Å². The molecule has 1 aromatic carbocycles. The first-order valence-corrected chi connectivity index (χ1v) is 10.6. The lowest BCUT2D eigenvalue weighted by Crippen LogP contribution is -2.55. The Balaban J connectivity index is 1.53. The maximum atomic E-state index is 12.5. The molecule has 6 nitrogen and oxygen atoms in total. The second-order valence-electron chi connectivity index (χ2n) is 7.73. The fraction of sp³-hybridized carbons (Fsp3) is 0.636. The summed E-state index contributed by atoms with van der Waals surface area (Å²) in [5.74, 6) is 1.12. The minimum atomic E-state index is -0.216. The monoisotopic (exact) mass is 386 g/mol. The Morgan fingerprint density at radius 2 is 1.96 bits per heavy atom. The second-order valence-corrected chi connectivity index (χ2v) is 7.73. The average Bonchev–Trinajstić information content (AvgIpc) is 3.23. The van der Waals surface area contributed by atoms with Gasteiger partial charge in [-0.25, -0.2) is 0 Å². The van der Waals surface area contributed by atoms with Gasteiger partial charge < -0.3 is 19.9 Å². The number of nitrogens with one attached hydrogen (secondary N) is 1. The van der Waals surface area contributed by atoms with Crippen LogP contribution in [0.4, 0.5) is 0 Å². The molecule has 2 fully saturated rings. The number of aryl methyl sites for hydroxylation is 2. The van der Waals surface area contributed by atoms with Gasteiger partial charge in [0.15, 0.2) is 5.96 Å². The number of nitrogens with zero attached hydrogens (tertiary/aromatic N) is 3. The molecule has 1 unspecified atom stereocenters. The number of hydrogen-bond acceptors (Lipinski definition) is 3. The lowest BCUT2D eigenvalue weighted by molar-refractivity contribution is -0.142. The Labute approximate surface area is 168 Å². The molecule has 154 valence electrons. The lowest BCUT2D eigenvalue weighted by Gasteiger charge is -2.37. The third kappa shape index (κ3) is 5.25. The second kappa shape index (κ2) is 9.92. The summed E-state index contributed by atoms with van der Waals surface area (Å²) >= 11 is 0. The third-order valence-electron chi connectivity index (χ3n) is 5.57. The van der Waals surface area contributed by atoms with Crippen molar-refractivity contribution < 1.29 is 9.53 Å². The number of carbonyl (C=O) groups is 1. The molecule has 1 N–H and O–H groups in total. The molecule has 0 saturated carbocycles. The average molecular weight is 387 g/mol. The number of aliphatic imine (C=N–C) groups is 1. The van der Waals surface area contributed by atoms with Gasteiger partial charge in [-0.15, -0.1) is 0 Å². The highest BCUT2D eigenvalue weighted by atomic mass is 16.5. The third-order valence-corrected chi connectivity index (χ3v) is 5.57. The van der Waals surface area contributed by atoms with Crippen molar-refractivity contribution in [3.63, 3.8) is 0 Å². The number of ether oxygens (including phenoxy) is 1. The molecule has 28 heavy (non-hydrogen) atoms. The molecule has 1 aromatic rings. The molecule has 2 aliphatic rings. The first-order valence-electron chi connectivity index (χ1n) is 10.6. The fourth-order valence-electron chi connectivity index (χ4n) is 3.95. The predicted molar refractivity (Wildman–Crippen MR) is 113 cm³/mol. The number of hydrogen-bond donors (Lipinski definition) is 1. The van der Waals surface area contributed by atoms with Crippen LogP contribution < -0.4 is 5.32 Å². The molecule has 0 bridgehead atoms. The van der Waals surface area contributed by atoms with Crippen molar-refractivity contribution in [2.75, 3.05) is 45.9 Å². The largest absolute Gasteiger partial charge is 0.368 e. The van der Waals surface area contributed by atoms with Crippen molar-refractivity contribution in [3.05, 3.63) is 34.9 Å². The van der Waals surface area contributed by atoms with Gasteiger partial charge in [0.1, 0.15) is 6.10 Å². The van der Waals surface area contributed by atoms with Crippen LogP contribution in [-0.2, 0) is 16.0 Å². The molecule has 6 heteroatoms. The minimum Gasteiger partial charge on any atom is -0.368 e. The van der Waals surface area contributed by atoms with Crippen LogP contribution in [0.5, 0.6) is 0 Å². The van der Waals surface area contributed by atoms with Crippen molar-refractivity contribution in [3.8, 4) is 0 Å². The Kier molecular flexibility index (Phi) is 7.31. The van der Waals surface area contributed by atoms with Crippen LogP contribution >= 0.6 is 0 Å². The normalized spacial score (nSPS) is 20.5. The van der Waals surface area contributed by atoms with Gasteiger partial charge in [-0.1, -0.05) is 23.8 Å². The summed E-state index contributed by atoms with van der Waals surface area (Å²) in [6, 6.07) is 6.61. The standard InChI is InChI=1S/C22H34N4O2/c1-4-23-22(24-10-9-19-8-7-17(2)16-18(19)3)26-13-11-25(12-14-26)21(27)20-6-5-15-28-20/h7-8,16,20H,4-6,9-15H2,1-3H3,(H,23,24). The number of guanidine groups is 1. The van der Waals surface area contributed by atoms with E-state index < -0.39 is 0 Å². The topological polar surface area (TPSA) is 57.2 Å². The van der Waals surface area contributed by atoms with E-state index in [1.165, 1.54) is 16.7 Å². The molecule has 2 heterocycles. The number of carbonyl (C=O) groups excluding carboxylic acids is 1. The molecule has 0 radical (unpaired) electrons. The summed E-state index contributed by atoms with van der Waals surface area (Å²) in [5.41, 5.74) is 3.99. The molecule has 0 aromatic heterocycles. The van der Waals surface area contributed by atoms with Crippen LogP contribution in [0.3, 0.4) is 0 Å². The Bertz CT molecular complexity index is 690. The van der Waals surface area contributed by atoms with Crippen molar-refractivity contribution in [2.24, 2.45) is 4.99 Å². The zero-order valence-corrected chi connectivity index (χ0v) is 17.5. The molecule has 1 amide bonds. The molecular formula is C22H34N4O2. The van der Waals surface area contributed by atoms with E-state index in [4.69, 9.17) is 9.73 Å². The number of piperazine rings is 1. The van der Waals surface area contributed by atoms with E-state index in [9.17, 15) is 4.79 Å². The van der Waals surface area contributed by atoms with Crippen LogP contribution in [0, 0.1) is 13.8 Å². The summed E-state index contributed by atoms with van der Waals surface area (Å²) < 4.78 is 5.55. The van der Waals surface area contributed by atoms with Crippen molar-refractivity contribution in [2.45, 2.75) is 46.1 Å². The molecule has 2 saturated heterocycles. The zero-order valence-electron chi connectivity index (χ0n) is 17.5. The fourth-order valence-corrected chi connectivity index (χ4v) is 3.95. The highest BCUT2D eigenvalue weighted by Gasteiger charge is 2.30. The van der Waals surface area contributed by atoms with Gasteiger partial charge in [0.25, 0.3) is 5.91 Å². The molecule has 0 spiro atoms. The SMILES string of the molecule is CCNC(=NCCc1ccc(C)cc1C)N1CCN(C(=O)C2CCCO2)CC1. The van der Waals surface area contributed by atoms with Gasteiger partial charge in [-0.3, -0.25) is 9.79 Å². The smallest absolute Gasteiger partial charge is 0.251 e. The van der Waals surface area contributed by atoms with E-state index in [1.54, 1.807) is 0 Å².